The SMILES string of the molecule is Cc1cc(C)c2nc(NCCCNC(=S)Nc3cccc(C)c3C)c(C#N)cc2c1. The fraction of sp³-hybridized carbons (Fsp3) is 0.292. The summed E-state index contributed by atoms with van der Waals surface area (Å²) in [7, 11) is 0. The molecule has 1 heterocycles. The second-order valence-electron chi connectivity index (χ2n) is 7.56. The van der Waals surface area contributed by atoms with E-state index in [1.165, 1.54) is 16.7 Å². The molecule has 0 aliphatic rings. The van der Waals surface area contributed by atoms with Crippen LogP contribution in [0.4, 0.5) is 11.5 Å². The van der Waals surface area contributed by atoms with Gasteiger partial charge in [-0.2, -0.15) is 5.26 Å². The summed E-state index contributed by atoms with van der Waals surface area (Å²) in [5, 5.41) is 20.9. The summed E-state index contributed by atoms with van der Waals surface area (Å²) in [6.07, 6.45) is 0.839. The van der Waals surface area contributed by atoms with Crippen molar-refractivity contribution in [2.45, 2.75) is 34.1 Å². The van der Waals surface area contributed by atoms with Crippen molar-refractivity contribution in [2.24, 2.45) is 0 Å². The molecule has 0 atom stereocenters. The topological polar surface area (TPSA) is 72.8 Å². The highest BCUT2D eigenvalue weighted by molar-refractivity contribution is 7.80. The number of nitriles is 1. The lowest BCUT2D eigenvalue weighted by atomic mass is 10.1. The summed E-state index contributed by atoms with van der Waals surface area (Å²) in [5.41, 5.74) is 7.22. The largest absolute Gasteiger partial charge is 0.369 e. The highest BCUT2D eigenvalue weighted by atomic mass is 32.1. The minimum absolute atomic E-state index is 0.563. The minimum atomic E-state index is 0.563. The van der Waals surface area contributed by atoms with E-state index in [1.54, 1.807) is 0 Å². The lowest BCUT2D eigenvalue weighted by Gasteiger charge is -2.14. The maximum atomic E-state index is 9.51. The fourth-order valence-electron chi connectivity index (χ4n) is 3.42. The summed E-state index contributed by atoms with van der Waals surface area (Å²) < 4.78 is 0. The molecule has 0 aliphatic carbocycles. The lowest BCUT2D eigenvalue weighted by molar-refractivity contribution is 0.807. The first-order valence-corrected chi connectivity index (χ1v) is 10.5. The van der Waals surface area contributed by atoms with Crippen LogP contribution in [0.2, 0.25) is 0 Å². The molecule has 0 aliphatic heterocycles. The summed E-state index contributed by atoms with van der Waals surface area (Å²) in [4.78, 5) is 4.70. The summed E-state index contributed by atoms with van der Waals surface area (Å²) in [6.45, 7) is 9.68. The van der Waals surface area contributed by atoms with Gasteiger partial charge in [0.05, 0.1) is 11.1 Å². The van der Waals surface area contributed by atoms with E-state index in [1.807, 2.05) is 25.1 Å². The number of thiocarbonyl (C=S) groups is 1. The van der Waals surface area contributed by atoms with Crippen LogP contribution in [0.3, 0.4) is 0 Å². The highest BCUT2D eigenvalue weighted by Crippen LogP contribution is 2.24. The number of hydrogen-bond acceptors (Lipinski definition) is 4. The Morgan fingerprint density at radius 1 is 1.07 bits per heavy atom. The molecule has 3 aromatic rings. The zero-order chi connectivity index (χ0) is 21.7. The van der Waals surface area contributed by atoms with Gasteiger partial charge in [0.2, 0.25) is 0 Å². The Hall–Kier alpha value is -3.17. The van der Waals surface area contributed by atoms with Crippen LogP contribution in [0.5, 0.6) is 0 Å². The highest BCUT2D eigenvalue weighted by Gasteiger charge is 2.09. The third-order valence-corrected chi connectivity index (χ3v) is 5.40. The van der Waals surface area contributed by atoms with Crippen LogP contribution < -0.4 is 16.0 Å². The Morgan fingerprint density at radius 2 is 1.87 bits per heavy atom. The summed E-state index contributed by atoms with van der Waals surface area (Å²) >= 11 is 5.40. The van der Waals surface area contributed by atoms with Gasteiger partial charge in [-0.15, -0.1) is 0 Å². The molecule has 3 N–H and O–H groups in total. The normalized spacial score (nSPS) is 10.5. The standard InChI is InChI=1S/C24H27N5S/c1-15-11-17(3)22-19(12-15)13-20(14-25)23(29-22)26-9-6-10-27-24(30)28-21-8-5-7-16(2)18(21)4/h5,7-8,11-13H,6,9-10H2,1-4H3,(H,26,29)(H2,27,28,30). The molecule has 1 aromatic heterocycles. The van der Waals surface area contributed by atoms with Crippen molar-refractivity contribution in [2.75, 3.05) is 23.7 Å². The van der Waals surface area contributed by atoms with Gasteiger partial charge in [0.15, 0.2) is 5.11 Å². The van der Waals surface area contributed by atoms with E-state index in [9.17, 15) is 5.26 Å². The molecule has 0 bridgehead atoms. The van der Waals surface area contributed by atoms with Gasteiger partial charge < -0.3 is 16.0 Å². The van der Waals surface area contributed by atoms with Crippen molar-refractivity contribution >= 4 is 39.7 Å². The van der Waals surface area contributed by atoms with Crippen LogP contribution in [-0.4, -0.2) is 23.2 Å². The van der Waals surface area contributed by atoms with Crippen LogP contribution in [0.1, 0.15) is 34.2 Å². The number of nitrogens with one attached hydrogen (secondary N) is 3. The minimum Gasteiger partial charge on any atom is -0.369 e. The molecule has 0 radical (unpaired) electrons. The molecule has 0 saturated carbocycles. The number of fused-ring (bicyclic) bond motifs is 1. The maximum Gasteiger partial charge on any atom is 0.170 e. The summed E-state index contributed by atoms with van der Waals surface area (Å²) in [5.74, 6) is 0.632. The number of pyridine rings is 1. The molecule has 3 rings (SSSR count). The molecule has 154 valence electrons. The number of rotatable bonds is 6. The average molecular weight is 418 g/mol. The Morgan fingerprint density at radius 3 is 2.63 bits per heavy atom. The first kappa shape index (κ1) is 21.5. The van der Waals surface area contributed by atoms with Gasteiger partial charge in [-0.25, -0.2) is 4.98 Å². The second-order valence-corrected chi connectivity index (χ2v) is 7.97. The van der Waals surface area contributed by atoms with Crippen LogP contribution in [0.15, 0.2) is 36.4 Å². The third-order valence-electron chi connectivity index (χ3n) is 5.16. The van der Waals surface area contributed by atoms with E-state index < -0.39 is 0 Å². The van der Waals surface area contributed by atoms with E-state index in [0.29, 0.717) is 23.0 Å². The predicted molar refractivity (Wildman–Crippen MR) is 129 cm³/mol. The Bertz CT molecular complexity index is 1130. The van der Waals surface area contributed by atoms with Gasteiger partial charge in [0.1, 0.15) is 11.9 Å². The number of aromatic nitrogens is 1. The van der Waals surface area contributed by atoms with E-state index in [0.717, 1.165) is 35.1 Å². The number of hydrogen-bond donors (Lipinski definition) is 3. The van der Waals surface area contributed by atoms with Gasteiger partial charge in [0.25, 0.3) is 0 Å². The first-order chi connectivity index (χ1) is 14.4. The van der Waals surface area contributed by atoms with E-state index in [4.69, 9.17) is 17.2 Å². The molecule has 0 saturated heterocycles. The zero-order valence-corrected chi connectivity index (χ0v) is 18.7. The van der Waals surface area contributed by atoms with E-state index >= 15 is 0 Å². The molecule has 0 fully saturated rings. The van der Waals surface area contributed by atoms with Crippen molar-refractivity contribution in [1.29, 1.82) is 5.26 Å². The van der Waals surface area contributed by atoms with Crippen molar-refractivity contribution < 1.29 is 0 Å². The molecule has 2 aromatic carbocycles. The fourth-order valence-corrected chi connectivity index (χ4v) is 3.63. The molecular weight excluding hydrogens is 390 g/mol. The van der Waals surface area contributed by atoms with Crippen molar-refractivity contribution in [3.8, 4) is 6.07 Å². The average Bonchev–Trinajstić information content (AvgIpc) is 2.71. The maximum absolute atomic E-state index is 9.51. The van der Waals surface area contributed by atoms with Crippen LogP contribution in [-0.2, 0) is 0 Å². The van der Waals surface area contributed by atoms with Gasteiger partial charge in [0, 0.05) is 24.2 Å². The number of aryl methyl sites for hydroxylation is 3. The molecule has 0 unspecified atom stereocenters. The second kappa shape index (κ2) is 9.55. The number of nitrogens with zero attached hydrogens (tertiary/aromatic N) is 2. The van der Waals surface area contributed by atoms with Crippen LogP contribution in [0, 0.1) is 39.0 Å². The summed E-state index contributed by atoms with van der Waals surface area (Å²) in [6, 6.07) is 14.5. The number of anilines is 2. The van der Waals surface area contributed by atoms with E-state index in [-0.39, 0.29) is 0 Å². The van der Waals surface area contributed by atoms with E-state index in [2.05, 4.69) is 61.0 Å². The Balaban J connectivity index is 1.54. The quantitative estimate of drug-likeness (QED) is 0.381. The smallest absolute Gasteiger partial charge is 0.170 e. The van der Waals surface area contributed by atoms with Gasteiger partial charge in [-0.3, -0.25) is 0 Å². The molecule has 6 heteroatoms. The lowest BCUT2D eigenvalue weighted by Crippen LogP contribution is -2.30. The zero-order valence-electron chi connectivity index (χ0n) is 17.9. The van der Waals surface area contributed by atoms with Gasteiger partial charge in [-0.1, -0.05) is 23.8 Å². The molecular formula is C24H27N5S. The van der Waals surface area contributed by atoms with Gasteiger partial charge in [-0.05, 0) is 81.2 Å². The number of benzene rings is 2. The van der Waals surface area contributed by atoms with Crippen molar-refractivity contribution in [3.05, 3.63) is 64.2 Å². The van der Waals surface area contributed by atoms with Crippen molar-refractivity contribution in [3.63, 3.8) is 0 Å². The third kappa shape index (κ3) is 5.05. The first-order valence-electron chi connectivity index (χ1n) is 10.1. The molecule has 0 spiro atoms. The molecule has 30 heavy (non-hydrogen) atoms. The predicted octanol–water partition coefficient (Wildman–Crippen LogP) is 5.13. The van der Waals surface area contributed by atoms with Crippen molar-refractivity contribution in [1.82, 2.24) is 10.3 Å². The monoisotopic (exact) mass is 417 g/mol. The molecule has 5 nitrogen and oxygen atoms in total. The van der Waals surface area contributed by atoms with Crippen LogP contribution in [0.25, 0.3) is 10.9 Å². The Labute approximate surface area is 183 Å². The van der Waals surface area contributed by atoms with Gasteiger partial charge >= 0.3 is 0 Å². The molecule has 0 amide bonds. The van der Waals surface area contributed by atoms with Crippen LogP contribution >= 0.6 is 12.2 Å². The Kier molecular flexibility index (Phi) is 6.86.